The Hall–Kier alpha value is -0.860. The molecule has 0 saturated carbocycles. The van der Waals surface area contributed by atoms with Crippen molar-refractivity contribution in [2.24, 2.45) is 5.73 Å². The molecule has 0 aromatic heterocycles. The lowest BCUT2D eigenvalue weighted by molar-refractivity contribution is 0.100. The van der Waals surface area contributed by atoms with E-state index in [-0.39, 0.29) is 24.7 Å². The van der Waals surface area contributed by atoms with Crippen LogP contribution < -0.4 is 5.73 Å². The molecule has 1 aliphatic carbocycles. The van der Waals surface area contributed by atoms with Crippen LogP contribution in [-0.4, -0.2) is 12.3 Å². The molecule has 1 aliphatic rings. The summed E-state index contributed by atoms with van der Waals surface area (Å²) in [5, 5.41) is 0. The Labute approximate surface area is 89.9 Å². The lowest BCUT2D eigenvalue weighted by atomic mass is 10.0. The maximum Gasteiger partial charge on any atom is 0.176 e. The van der Waals surface area contributed by atoms with Gasteiger partial charge in [-0.15, -0.1) is 12.4 Å². The second kappa shape index (κ2) is 4.58. The van der Waals surface area contributed by atoms with Crippen LogP contribution >= 0.6 is 12.4 Å². The van der Waals surface area contributed by atoms with Gasteiger partial charge in [0, 0.05) is 5.56 Å². The van der Waals surface area contributed by atoms with Gasteiger partial charge in [0.1, 0.15) is 0 Å². The molecule has 0 fully saturated rings. The summed E-state index contributed by atoms with van der Waals surface area (Å²) >= 11 is 0. The molecule has 3 heteroatoms. The molecule has 76 valence electrons. The quantitative estimate of drug-likeness (QED) is 0.758. The van der Waals surface area contributed by atoms with Crippen molar-refractivity contribution in [2.45, 2.75) is 19.3 Å². The fraction of sp³-hybridized carbons (Fsp3) is 0.364. The lowest BCUT2D eigenvalue weighted by Gasteiger charge is -2.02. The van der Waals surface area contributed by atoms with Crippen LogP contribution in [0.1, 0.15) is 27.9 Å². The molecule has 0 unspecified atom stereocenters. The van der Waals surface area contributed by atoms with Crippen molar-refractivity contribution in [1.29, 1.82) is 0 Å². The van der Waals surface area contributed by atoms with Crippen molar-refractivity contribution < 1.29 is 4.79 Å². The smallest absolute Gasteiger partial charge is 0.176 e. The predicted molar refractivity (Wildman–Crippen MR) is 59.1 cm³/mol. The van der Waals surface area contributed by atoms with Crippen molar-refractivity contribution in [1.82, 2.24) is 0 Å². The number of nitrogens with two attached hydrogens (primary N) is 1. The molecule has 0 amide bonds. The maximum absolute atomic E-state index is 11.3. The average molecular weight is 212 g/mol. The van der Waals surface area contributed by atoms with E-state index < -0.39 is 0 Å². The van der Waals surface area contributed by atoms with Crippen LogP contribution in [0.4, 0.5) is 0 Å². The number of aryl methyl sites for hydroxylation is 2. The Balaban J connectivity index is 0.000000980. The number of carbonyl (C=O) groups is 1. The van der Waals surface area contributed by atoms with Gasteiger partial charge >= 0.3 is 0 Å². The fourth-order valence-corrected chi connectivity index (χ4v) is 1.86. The van der Waals surface area contributed by atoms with E-state index in [0.717, 1.165) is 18.4 Å². The predicted octanol–water partition coefficient (Wildman–Crippen LogP) is 1.74. The SMILES string of the molecule is Cl.NCC(=O)c1ccc2c(c1)CCC2. The second-order valence-corrected chi connectivity index (χ2v) is 3.46. The van der Waals surface area contributed by atoms with Gasteiger partial charge in [-0.3, -0.25) is 4.79 Å². The number of hydrogen-bond acceptors (Lipinski definition) is 2. The minimum Gasteiger partial charge on any atom is -0.324 e. The average Bonchev–Trinajstić information content (AvgIpc) is 2.63. The number of Topliss-reactive ketones (excluding diaryl/α,β-unsaturated/α-hetero) is 1. The molecule has 0 atom stereocenters. The van der Waals surface area contributed by atoms with E-state index in [1.807, 2.05) is 12.1 Å². The summed E-state index contributed by atoms with van der Waals surface area (Å²) in [6, 6.07) is 5.95. The summed E-state index contributed by atoms with van der Waals surface area (Å²) in [6.45, 7) is 0.110. The fourth-order valence-electron chi connectivity index (χ4n) is 1.86. The third kappa shape index (κ3) is 1.97. The first-order chi connectivity index (χ1) is 6.31. The molecule has 0 spiro atoms. The Morgan fingerprint density at radius 2 is 2.00 bits per heavy atom. The molecule has 2 rings (SSSR count). The first-order valence-electron chi connectivity index (χ1n) is 4.66. The first-order valence-corrected chi connectivity index (χ1v) is 4.66. The highest BCUT2D eigenvalue weighted by Crippen LogP contribution is 2.22. The van der Waals surface area contributed by atoms with E-state index in [9.17, 15) is 4.79 Å². The normalized spacial score (nSPS) is 13.2. The molecule has 14 heavy (non-hydrogen) atoms. The molecule has 2 nitrogen and oxygen atoms in total. The van der Waals surface area contributed by atoms with Crippen LogP contribution in [0.25, 0.3) is 0 Å². The Bertz CT molecular complexity index is 349. The molecule has 2 N–H and O–H groups in total. The molecule has 0 bridgehead atoms. The van der Waals surface area contributed by atoms with Crippen molar-refractivity contribution in [3.05, 3.63) is 34.9 Å². The Kier molecular flexibility index (Phi) is 3.67. The highest BCUT2D eigenvalue weighted by molar-refractivity contribution is 5.97. The van der Waals surface area contributed by atoms with Crippen molar-refractivity contribution in [2.75, 3.05) is 6.54 Å². The van der Waals surface area contributed by atoms with Gasteiger partial charge in [-0.1, -0.05) is 12.1 Å². The molecule has 1 aromatic rings. The minimum absolute atomic E-state index is 0. The van der Waals surface area contributed by atoms with Crippen molar-refractivity contribution >= 4 is 18.2 Å². The van der Waals surface area contributed by atoms with Gasteiger partial charge in [-0.25, -0.2) is 0 Å². The summed E-state index contributed by atoms with van der Waals surface area (Å²) in [6.07, 6.45) is 3.49. The minimum atomic E-state index is 0. The van der Waals surface area contributed by atoms with Crippen LogP contribution in [-0.2, 0) is 12.8 Å². The molecule has 0 saturated heterocycles. The van der Waals surface area contributed by atoms with Gasteiger partial charge in [-0.2, -0.15) is 0 Å². The number of halogens is 1. The van der Waals surface area contributed by atoms with E-state index >= 15 is 0 Å². The van der Waals surface area contributed by atoms with Crippen LogP contribution in [0.2, 0.25) is 0 Å². The van der Waals surface area contributed by atoms with Crippen LogP contribution in [0.15, 0.2) is 18.2 Å². The van der Waals surface area contributed by atoms with Crippen molar-refractivity contribution in [3.8, 4) is 0 Å². The van der Waals surface area contributed by atoms with Crippen molar-refractivity contribution in [3.63, 3.8) is 0 Å². The van der Waals surface area contributed by atoms with Crippen LogP contribution in [0, 0.1) is 0 Å². The maximum atomic E-state index is 11.3. The highest BCUT2D eigenvalue weighted by Gasteiger charge is 2.12. The summed E-state index contributed by atoms with van der Waals surface area (Å²) in [5.74, 6) is 0.0368. The summed E-state index contributed by atoms with van der Waals surface area (Å²) in [4.78, 5) is 11.3. The van der Waals surface area contributed by atoms with Gasteiger partial charge in [0.15, 0.2) is 5.78 Å². The largest absolute Gasteiger partial charge is 0.324 e. The van der Waals surface area contributed by atoms with Gasteiger partial charge < -0.3 is 5.73 Å². The number of benzene rings is 1. The van der Waals surface area contributed by atoms with E-state index in [2.05, 4.69) is 6.07 Å². The standard InChI is InChI=1S/C11H13NO.ClH/c12-7-11(13)10-5-4-8-2-1-3-9(8)6-10;/h4-6H,1-3,7,12H2;1H. The van der Waals surface area contributed by atoms with Gasteiger partial charge in [0.2, 0.25) is 0 Å². The summed E-state index contributed by atoms with van der Waals surface area (Å²) < 4.78 is 0. The Morgan fingerprint density at radius 3 is 2.71 bits per heavy atom. The molecule has 0 heterocycles. The van der Waals surface area contributed by atoms with E-state index in [1.165, 1.54) is 17.5 Å². The zero-order chi connectivity index (χ0) is 9.26. The molecule has 0 aliphatic heterocycles. The van der Waals surface area contributed by atoms with E-state index in [0.29, 0.717) is 0 Å². The highest BCUT2D eigenvalue weighted by atomic mass is 35.5. The topological polar surface area (TPSA) is 43.1 Å². The number of carbonyl (C=O) groups excluding carboxylic acids is 1. The van der Waals surface area contributed by atoms with Gasteiger partial charge in [-0.05, 0) is 36.5 Å². The van der Waals surface area contributed by atoms with Crippen LogP contribution in [0.3, 0.4) is 0 Å². The van der Waals surface area contributed by atoms with Crippen LogP contribution in [0.5, 0.6) is 0 Å². The van der Waals surface area contributed by atoms with E-state index in [4.69, 9.17) is 5.73 Å². The lowest BCUT2D eigenvalue weighted by Crippen LogP contribution is -2.13. The van der Waals surface area contributed by atoms with Gasteiger partial charge in [0.25, 0.3) is 0 Å². The molecule has 1 aromatic carbocycles. The summed E-state index contributed by atoms with van der Waals surface area (Å²) in [7, 11) is 0. The number of ketones is 1. The number of hydrogen-bond donors (Lipinski definition) is 1. The second-order valence-electron chi connectivity index (χ2n) is 3.46. The van der Waals surface area contributed by atoms with Gasteiger partial charge in [0.05, 0.1) is 6.54 Å². The van der Waals surface area contributed by atoms with E-state index in [1.54, 1.807) is 0 Å². The first kappa shape index (κ1) is 11.2. The zero-order valence-electron chi connectivity index (χ0n) is 7.95. The molecular formula is C11H14ClNO. The monoisotopic (exact) mass is 211 g/mol. The Morgan fingerprint density at radius 1 is 1.29 bits per heavy atom. The third-order valence-electron chi connectivity index (χ3n) is 2.61. The molecular weight excluding hydrogens is 198 g/mol. The third-order valence-corrected chi connectivity index (χ3v) is 2.61. The number of rotatable bonds is 2. The summed E-state index contributed by atoms with van der Waals surface area (Å²) in [5.41, 5.74) is 8.80. The zero-order valence-corrected chi connectivity index (χ0v) is 8.77. The number of fused-ring (bicyclic) bond motifs is 1. The molecule has 0 radical (unpaired) electrons.